The highest BCUT2D eigenvalue weighted by molar-refractivity contribution is 6.48. The summed E-state index contributed by atoms with van der Waals surface area (Å²) in [7, 11) is 0.869. The Labute approximate surface area is 208 Å². The van der Waals surface area contributed by atoms with Crippen LogP contribution in [0, 0.1) is 0 Å². The van der Waals surface area contributed by atoms with E-state index in [9.17, 15) is 9.59 Å². The molecule has 0 spiro atoms. The van der Waals surface area contributed by atoms with Gasteiger partial charge >= 0.3 is 7.12 Å². The lowest BCUT2D eigenvalue weighted by Gasteiger charge is -2.32. The van der Waals surface area contributed by atoms with Crippen molar-refractivity contribution in [3.8, 4) is 0 Å². The molecule has 9 heteroatoms. The number of carbonyl (C=O) groups is 2. The van der Waals surface area contributed by atoms with Crippen molar-refractivity contribution in [3.63, 3.8) is 0 Å². The van der Waals surface area contributed by atoms with Gasteiger partial charge in [0.15, 0.2) is 0 Å². The molecular weight excluding hydrogens is 445 g/mol. The molecule has 2 atom stereocenters. The molecule has 2 aromatic rings. The average molecular weight is 481 g/mol. The molecular formula is C26H36BN3O5. The average Bonchev–Trinajstić information content (AvgIpc) is 3.05. The first-order valence-electron chi connectivity index (χ1n) is 12.0. The van der Waals surface area contributed by atoms with Crippen LogP contribution in [0.15, 0.2) is 54.7 Å². The van der Waals surface area contributed by atoms with Gasteiger partial charge in [0.1, 0.15) is 11.7 Å². The minimum Gasteiger partial charge on any atom is -0.402 e. The summed E-state index contributed by atoms with van der Waals surface area (Å²) in [4.78, 5) is 30.0. The van der Waals surface area contributed by atoms with E-state index in [1.807, 2.05) is 45.9 Å². The van der Waals surface area contributed by atoms with Crippen LogP contribution in [-0.4, -0.2) is 60.8 Å². The molecule has 188 valence electrons. The topological polar surface area (TPSA) is 98.8 Å². The zero-order valence-electron chi connectivity index (χ0n) is 21.2. The highest BCUT2D eigenvalue weighted by atomic mass is 16.7. The standard InChI is InChI=1S/C26H36BN3O5/c1-25(2)26(3,4)35-27(34-25)22(16-11-14-19-12-7-6-8-13-19)30-24(32)21(18-33-5)29-23(31)20-15-9-10-17-28-20/h6-10,12-13,15,17,21-22H,11,14,16,18H2,1-5H3,(H,29,31)(H,30,32)/t21-,22+/m1/s1. The summed E-state index contributed by atoms with van der Waals surface area (Å²) in [5, 5.41) is 5.78. The van der Waals surface area contributed by atoms with Crippen molar-refractivity contribution in [1.82, 2.24) is 15.6 Å². The summed E-state index contributed by atoms with van der Waals surface area (Å²) < 4.78 is 17.7. The lowest BCUT2D eigenvalue weighted by Crippen LogP contribution is -2.56. The summed E-state index contributed by atoms with van der Waals surface area (Å²) in [5.41, 5.74) is 0.399. The Morgan fingerprint density at radius 2 is 1.66 bits per heavy atom. The molecule has 2 amide bonds. The van der Waals surface area contributed by atoms with Gasteiger partial charge in [-0.15, -0.1) is 0 Å². The summed E-state index contributed by atoms with van der Waals surface area (Å²) in [6.07, 6.45) is 3.87. The smallest absolute Gasteiger partial charge is 0.402 e. The SMILES string of the molecule is COC[C@@H](NC(=O)c1ccccn1)C(=O)N[C@@H](CCCc1ccccc1)B1OC(C)(C)C(C)(C)O1. The van der Waals surface area contributed by atoms with Crippen molar-refractivity contribution in [3.05, 3.63) is 66.0 Å². The second-order valence-corrected chi connectivity index (χ2v) is 9.81. The number of pyridine rings is 1. The predicted octanol–water partition coefficient (Wildman–Crippen LogP) is 2.97. The Bertz CT molecular complexity index is 955. The third kappa shape index (κ3) is 7.13. The van der Waals surface area contributed by atoms with Gasteiger partial charge in [-0.3, -0.25) is 14.6 Å². The Morgan fingerprint density at radius 3 is 2.26 bits per heavy atom. The largest absolute Gasteiger partial charge is 0.481 e. The summed E-state index contributed by atoms with van der Waals surface area (Å²) in [6.45, 7) is 7.95. The maximum absolute atomic E-state index is 13.3. The van der Waals surface area contributed by atoms with Crippen LogP contribution in [-0.2, 0) is 25.3 Å². The molecule has 1 aromatic carbocycles. The van der Waals surface area contributed by atoms with Gasteiger partial charge in [-0.1, -0.05) is 36.4 Å². The van der Waals surface area contributed by atoms with E-state index in [4.69, 9.17) is 14.0 Å². The zero-order chi connectivity index (χ0) is 25.5. The second-order valence-electron chi connectivity index (χ2n) is 9.81. The molecule has 0 radical (unpaired) electrons. The van der Waals surface area contributed by atoms with Crippen molar-refractivity contribution in [2.45, 2.75) is 70.1 Å². The van der Waals surface area contributed by atoms with Crippen molar-refractivity contribution >= 4 is 18.9 Å². The molecule has 2 N–H and O–H groups in total. The molecule has 1 saturated heterocycles. The maximum Gasteiger partial charge on any atom is 0.481 e. The fourth-order valence-electron chi connectivity index (χ4n) is 3.86. The van der Waals surface area contributed by atoms with Crippen LogP contribution in [0.25, 0.3) is 0 Å². The van der Waals surface area contributed by atoms with E-state index in [1.54, 1.807) is 18.2 Å². The van der Waals surface area contributed by atoms with Gasteiger partial charge in [-0.05, 0) is 64.7 Å². The van der Waals surface area contributed by atoms with Crippen LogP contribution in [0.4, 0.5) is 0 Å². The number of carbonyl (C=O) groups excluding carboxylic acids is 2. The third-order valence-corrected chi connectivity index (χ3v) is 6.60. The molecule has 1 aliphatic rings. The van der Waals surface area contributed by atoms with E-state index in [-0.39, 0.29) is 18.2 Å². The first-order valence-corrected chi connectivity index (χ1v) is 12.0. The molecule has 0 saturated carbocycles. The number of aromatic nitrogens is 1. The number of amides is 2. The van der Waals surface area contributed by atoms with Crippen LogP contribution >= 0.6 is 0 Å². The number of benzene rings is 1. The Kier molecular flexibility index (Phi) is 9.05. The summed E-state index contributed by atoms with van der Waals surface area (Å²) >= 11 is 0. The highest BCUT2D eigenvalue weighted by Crippen LogP contribution is 2.38. The van der Waals surface area contributed by atoms with E-state index >= 15 is 0 Å². The van der Waals surface area contributed by atoms with Gasteiger partial charge in [0.25, 0.3) is 5.91 Å². The Hall–Kier alpha value is -2.75. The summed E-state index contributed by atoms with van der Waals surface area (Å²) in [5.74, 6) is -1.21. The molecule has 1 aliphatic heterocycles. The normalized spacial score (nSPS) is 18.0. The number of aryl methyl sites for hydroxylation is 1. The number of nitrogens with one attached hydrogen (secondary N) is 2. The van der Waals surface area contributed by atoms with Gasteiger partial charge in [-0.2, -0.15) is 0 Å². The number of nitrogens with zero attached hydrogens (tertiary/aromatic N) is 1. The molecule has 0 bridgehead atoms. The first-order chi connectivity index (χ1) is 16.6. The molecule has 8 nitrogen and oxygen atoms in total. The second kappa shape index (κ2) is 11.8. The summed E-state index contributed by atoms with van der Waals surface area (Å²) in [6, 6.07) is 14.3. The molecule has 2 heterocycles. The lowest BCUT2D eigenvalue weighted by molar-refractivity contribution is -0.124. The lowest BCUT2D eigenvalue weighted by atomic mass is 9.75. The van der Waals surface area contributed by atoms with Crippen molar-refractivity contribution in [2.75, 3.05) is 13.7 Å². The van der Waals surface area contributed by atoms with E-state index in [0.29, 0.717) is 6.42 Å². The molecule has 0 aliphatic carbocycles. The molecule has 1 fully saturated rings. The monoisotopic (exact) mass is 481 g/mol. The minimum atomic E-state index is -0.895. The molecule has 35 heavy (non-hydrogen) atoms. The number of hydrogen-bond acceptors (Lipinski definition) is 6. The van der Waals surface area contributed by atoms with Crippen LogP contribution < -0.4 is 10.6 Å². The number of methoxy groups -OCH3 is 1. The third-order valence-electron chi connectivity index (χ3n) is 6.60. The Balaban J connectivity index is 1.71. The maximum atomic E-state index is 13.3. The van der Waals surface area contributed by atoms with Crippen molar-refractivity contribution in [1.29, 1.82) is 0 Å². The van der Waals surface area contributed by atoms with E-state index in [0.717, 1.165) is 12.8 Å². The Morgan fingerprint density at radius 1 is 1.00 bits per heavy atom. The quantitative estimate of drug-likeness (QED) is 0.479. The van der Waals surface area contributed by atoms with E-state index in [1.165, 1.54) is 18.9 Å². The van der Waals surface area contributed by atoms with Gasteiger partial charge in [0, 0.05) is 13.3 Å². The molecule has 0 unspecified atom stereocenters. The van der Waals surface area contributed by atoms with E-state index in [2.05, 4.69) is 27.8 Å². The van der Waals surface area contributed by atoms with Crippen LogP contribution in [0.3, 0.4) is 0 Å². The fraction of sp³-hybridized carbons (Fsp3) is 0.500. The van der Waals surface area contributed by atoms with Crippen LogP contribution in [0.5, 0.6) is 0 Å². The van der Waals surface area contributed by atoms with E-state index < -0.39 is 36.2 Å². The van der Waals surface area contributed by atoms with Crippen molar-refractivity contribution < 1.29 is 23.6 Å². The number of ether oxygens (including phenoxy) is 1. The fourth-order valence-corrected chi connectivity index (χ4v) is 3.86. The van der Waals surface area contributed by atoms with Crippen LogP contribution in [0.2, 0.25) is 0 Å². The van der Waals surface area contributed by atoms with Crippen LogP contribution in [0.1, 0.15) is 56.6 Å². The van der Waals surface area contributed by atoms with Gasteiger partial charge in [0.05, 0.1) is 23.8 Å². The first kappa shape index (κ1) is 26.9. The number of hydrogen-bond donors (Lipinski definition) is 2. The predicted molar refractivity (Wildman–Crippen MR) is 135 cm³/mol. The molecule has 3 rings (SSSR count). The minimum absolute atomic E-state index is 0.0184. The van der Waals surface area contributed by atoms with Crippen molar-refractivity contribution in [2.24, 2.45) is 0 Å². The van der Waals surface area contributed by atoms with Gasteiger partial charge in [0.2, 0.25) is 5.91 Å². The van der Waals surface area contributed by atoms with Gasteiger partial charge in [-0.25, -0.2) is 0 Å². The van der Waals surface area contributed by atoms with Gasteiger partial charge < -0.3 is 24.7 Å². The highest BCUT2D eigenvalue weighted by Gasteiger charge is 2.54. The molecule has 1 aromatic heterocycles. The zero-order valence-corrected chi connectivity index (χ0v) is 21.2. The number of rotatable bonds is 11.